The monoisotopic (exact) mass is 440 g/mol. The van der Waals surface area contributed by atoms with Crippen molar-refractivity contribution in [1.82, 2.24) is 19.8 Å². The maximum Gasteiger partial charge on any atom is 0.170 e. The van der Waals surface area contributed by atoms with Crippen LogP contribution in [0.2, 0.25) is 0 Å². The Balaban J connectivity index is 1.62. The van der Waals surface area contributed by atoms with Gasteiger partial charge >= 0.3 is 0 Å². The third-order valence-corrected chi connectivity index (χ3v) is 6.17. The van der Waals surface area contributed by atoms with Crippen molar-refractivity contribution in [1.29, 1.82) is 0 Å². The van der Waals surface area contributed by atoms with Crippen molar-refractivity contribution in [2.75, 3.05) is 7.11 Å². The molecule has 3 heterocycles. The average Bonchev–Trinajstić information content (AvgIpc) is 3.45. The van der Waals surface area contributed by atoms with E-state index in [2.05, 4.69) is 74.5 Å². The average molecular weight is 441 g/mol. The number of nitrogens with one attached hydrogen (secondary N) is 1. The molecule has 0 amide bonds. The molecule has 2 aromatic heterocycles. The Kier molecular flexibility index (Phi) is 5.60. The molecule has 6 heteroatoms. The molecule has 2 aromatic carbocycles. The summed E-state index contributed by atoms with van der Waals surface area (Å²) in [5, 5.41) is 4.26. The number of para-hydroxylation sites is 2. The number of methoxy groups -OCH3 is 1. The Hall–Kier alpha value is -3.64. The van der Waals surface area contributed by atoms with E-state index in [-0.39, 0.29) is 12.1 Å². The number of rotatable bonds is 6. The largest absolute Gasteiger partial charge is 0.495 e. The van der Waals surface area contributed by atoms with Crippen LogP contribution in [0.1, 0.15) is 29.0 Å². The highest BCUT2D eigenvalue weighted by atomic mass is 32.1. The minimum absolute atomic E-state index is 0.0440. The number of ether oxygens (including phenoxy) is 1. The SMILES string of the molecule is COc1ccccc1-n1cccc1[C@H]1[C@@H](c2ccccn2)NC(=S)N1Cc1ccccc1. The van der Waals surface area contributed by atoms with Crippen molar-refractivity contribution in [3.05, 3.63) is 114 Å². The van der Waals surface area contributed by atoms with Crippen molar-refractivity contribution in [2.45, 2.75) is 18.6 Å². The molecule has 1 saturated heterocycles. The van der Waals surface area contributed by atoms with Gasteiger partial charge in [0.2, 0.25) is 0 Å². The summed E-state index contributed by atoms with van der Waals surface area (Å²) in [4.78, 5) is 6.91. The molecule has 0 spiro atoms. The highest BCUT2D eigenvalue weighted by molar-refractivity contribution is 7.80. The Bertz CT molecular complexity index is 1210. The lowest BCUT2D eigenvalue weighted by Crippen LogP contribution is -2.30. The zero-order valence-electron chi connectivity index (χ0n) is 17.8. The summed E-state index contributed by atoms with van der Waals surface area (Å²) in [6.45, 7) is 0.706. The Morgan fingerprint density at radius 1 is 0.938 bits per heavy atom. The normalized spacial score (nSPS) is 17.9. The van der Waals surface area contributed by atoms with E-state index in [0.717, 1.165) is 27.9 Å². The molecule has 5 nitrogen and oxygen atoms in total. The molecule has 1 fully saturated rings. The predicted molar refractivity (Wildman–Crippen MR) is 130 cm³/mol. The molecule has 0 radical (unpaired) electrons. The summed E-state index contributed by atoms with van der Waals surface area (Å²) in [5.74, 6) is 0.822. The fourth-order valence-electron chi connectivity index (χ4n) is 4.36. The minimum Gasteiger partial charge on any atom is -0.495 e. The molecular weight excluding hydrogens is 416 g/mol. The van der Waals surface area contributed by atoms with Crippen molar-refractivity contribution >= 4 is 17.3 Å². The third-order valence-electron chi connectivity index (χ3n) is 5.82. The summed E-state index contributed by atoms with van der Waals surface area (Å²) in [5.41, 5.74) is 4.28. The number of benzene rings is 2. The van der Waals surface area contributed by atoms with Crippen LogP contribution < -0.4 is 10.1 Å². The Morgan fingerprint density at radius 3 is 2.50 bits per heavy atom. The molecule has 0 saturated carbocycles. The maximum absolute atomic E-state index is 5.83. The van der Waals surface area contributed by atoms with Gasteiger partial charge < -0.3 is 19.5 Å². The molecule has 0 aliphatic carbocycles. The molecule has 1 aliphatic heterocycles. The molecule has 2 atom stereocenters. The summed E-state index contributed by atoms with van der Waals surface area (Å²) < 4.78 is 7.84. The number of pyridine rings is 1. The van der Waals surface area contributed by atoms with Crippen molar-refractivity contribution in [3.63, 3.8) is 0 Å². The first kappa shape index (κ1) is 20.3. The molecule has 4 aromatic rings. The molecule has 160 valence electrons. The minimum atomic E-state index is -0.0734. The van der Waals surface area contributed by atoms with E-state index >= 15 is 0 Å². The number of hydrogen-bond acceptors (Lipinski definition) is 3. The van der Waals surface area contributed by atoms with Crippen LogP contribution >= 0.6 is 12.2 Å². The van der Waals surface area contributed by atoms with Gasteiger partial charge in [-0.1, -0.05) is 48.5 Å². The van der Waals surface area contributed by atoms with E-state index < -0.39 is 0 Å². The van der Waals surface area contributed by atoms with Crippen LogP contribution in [-0.4, -0.2) is 26.7 Å². The van der Waals surface area contributed by atoms with Crippen molar-refractivity contribution in [3.8, 4) is 11.4 Å². The fourth-order valence-corrected chi connectivity index (χ4v) is 4.67. The standard InChI is InChI=1S/C26H24N4OS/c1-31-23-15-6-5-13-21(23)29-17-9-14-22(29)25-24(20-12-7-8-16-27-20)28-26(32)30(25)18-19-10-3-2-4-11-19/h2-17,24-25H,18H2,1H3,(H,28,32)/t24-,25+/m1/s1. The van der Waals surface area contributed by atoms with Gasteiger partial charge in [0, 0.05) is 24.6 Å². The Labute approximate surface area is 193 Å². The molecule has 1 aliphatic rings. The second kappa shape index (κ2) is 8.85. The fraction of sp³-hybridized carbons (Fsp3) is 0.154. The second-order valence-electron chi connectivity index (χ2n) is 7.72. The van der Waals surface area contributed by atoms with Crippen LogP contribution in [0.15, 0.2) is 97.3 Å². The molecular formula is C26H24N4OS. The zero-order valence-corrected chi connectivity index (χ0v) is 18.6. The molecule has 5 rings (SSSR count). The van der Waals surface area contributed by atoms with Crippen LogP contribution in [0.25, 0.3) is 5.69 Å². The van der Waals surface area contributed by atoms with E-state index in [1.165, 1.54) is 5.56 Å². The molecule has 32 heavy (non-hydrogen) atoms. The van der Waals surface area contributed by atoms with Gasteiger partial charge in [-0.25, -0.2) is 0 Å². The Morgan fingerprint density at radius 2 is 1.72 bits per heavy atom. The van der Waals surface area contributed by atoms with Gasteiger partial charge in [-0.05, 0) is 54.2 Å². The zero-order chi connectivity index (χ0) is 21.9. The van der Waals surface area contributed by atoms with Gasteiger partial charge in [0.25, 0.3) is 0 Å². The van der Waals surface area contributed by atoms with E-state index in [1.54, 1.807) is 7.11 Å². The predicted octanol–water partition coefficient (Wildman–Crippen LogP) is 5.05. The first-order chi connectivity index (χ1) is 15.8. The van der Waals surface area contributed by atoms with Gasteiger partial charge in [0.15, 0.2) is 5.11 Å². The third kappa shape index (κ3) is 3.74. The van der Waals surface area contributed by atoms with Gasteiger partial charge in [0.05, 0.1) is 30.6 Å². The van der Waals surface area contributed by atoms with Gasteiger partial charge in [0.1, 0.15) is 5.75 Å². The topological polar surface area (TPSA) is 42.3 Å². The number of aromatic nitrogens is 2. The van der Waals surface area contributed by atoms with E-state index in [1.807, 2.05) is 42.6 Å². The van der Waals surface area contributed by atoms with Crippen LogP contribution in [0, 0.1) is 0 Å². The smallest absolute Gasteiger partial charge is 0.170 e. The second-order valence-corrected chi connectivity index (χ2v) is 8.10. The quantitative estimate of drug-likeness (QED) is 0.425. The van der Waals surface area contributed by atoms with Crippen molar-refractivity contribution < 1.29 is 4.74 Å². The highest BCUT2D eigenvalue weighted by Gasteiger charge is 2.41. The van der Waals surface area contributed by atoms with Gasteiger partial charge in [-0.3, -0.25) is 4.98 Å². The van der Waals surface area contributed by atoms with Gasteiger partial charge in [-0.15, -0.1) is 0 Å². The highest BCUT2D eigenvalue weighted by Crippen LogP contribution is 2.41. The lowest BCUT2D eigenvalue weighted by Gasteiger charge is -2.29. The summed E-state index contributed by atoms with van der Waals surface area (Å²) in [6.07, 6.45) is 3.90. The number of nitrogens with zero attached hydrogens (tertiary/aromatic N) is 3. The van der Waals surface area contributed by atoms with Gasteiger partial charge in [-0.2, -0.15) is 0 Å². The summed E-state index contributed by atoms with van der Waals surface area (Å²) >= 11 is 5.83. The van der Waals surface area contributed by atoms with E-state index in [4.69, 9.17) is 17.0 Å². The first-order valence-electron chi connectivity index (χ1n) is 10.6. The lowest BCUT2D eigenvalue weighted by atomic mass is 10.0. The maximum atomic E-state index is 5.83. The van der Waals surface area contributed by atoms with Crippen LogP contribution in [0.5, 0.6) is 5.75 Å². The van der Waals surface area contributed by atoms with Crippen LogP contribution in [-0.2, 0) is 6.54 Å². The number of thiocarbonyl (C=S) groups is 1. The van der Waals surface area contributed by atoms with Crippen LogP contribution in [0.4, 0.5) is 0 Å². The summed E-state index contributed by atoms with van der Waals surface area (Å²) in [6, 6.07) is 28.6. The van der Waals surface area contributed by atoms with E-state index in [0.29, 0.717) is 6.54 Å². The van der Waals surface area contributed by atoms with Crippen LogP contribution in [0.3, 0.4) is 0 Å². The first-order valence-corrected chi connectivity index (χ1v) is 11.0. The molecule has 0 bridgehead atoms. The molecule has 0 unspecified atom stereocenters. The lowest BCUT2D eigenvalue weighted by molar-refractivity contribution is 0.302. The van der Waals surface area contributed by atoms with E-state index in [9.17, 15) is 0 Å². The molecule has 1 N–H and O–H groups in total. The summed E-state index contributed by atoms with van der Waals surface area (Å²) in [7, 11) is 1.70. The van der Waals surface area contributed by atoms with Crippen molar-refractivity contribution in [2.24, 2.45) is 0 Å². The number of hydrogen-bond donors (Lipinski definition) is 1.